The molecule has 1 rings (SSSR count). The van der Waals surface area contributed by atoms with Gasteiger partial charge in [0.1, 0.15) is 0 Å². The standard InChI is InChI=1S/C18H30O3S/c1-13(2)10-14(3)11-15(4)12-16(5)17-8-6-7-9-18(17)22(19,20)21/h6-9,13-16H,10-12H2,1-5H3,(H,19,20,21). The highest BCUT2D eigenvalue weighted by Crippen LogP contribution is 2.31. The van der Waals surface area contributed by atoms with Crippen molar-refractivity contribution in [1.29, 1.82) is 0 Å². The Hall–Kier alpha value is -0.870. The largest absolute Gasteiger partial charge is 0.294 e. The summed E-state index contributed by atoms with van der Waals surface area (Å²) >= 11 is 0. The Morgan fingerprint density at radius 2 is 1.45 bits per heavy atom. The molecule has 3 nitrogen and oxygen atoms in total. The molecule has 0 heterocycles. The van der Waals surface area contributed by atoms with Crippen molar-refractivity contribution in [3.8, 4) is 0 Å². The number of rotatable bonds is 8. The second-order valence-electron chi connectivity index (χ2n) is 7.23. The van der Waals surface area contributed by atoms with Crippen molar-refractivity contribution in [2.24, 2.45) is 17.8 Å². The molecule has 3 atom stereocenters. The molecule has 4 heteroatoms. The summed E-state index contributed by atoms with van der Waals surface area (Å²) in [6, 6.07) is 6.76. The van der Waals surface area contributed by atoms with Crippen molar-refractivity contribution in [2.75, 3.05) is 0 Å². The van der Waals surface area contributed by atoms with Gasteiger partial charge in [0.05, 0.1) is 4.90 Å². The first-order valence-electron chi connectivity index (χ1n) is 8.17. The lowest BCUT2D eigenvalue weighted by Crippen LogP contribution is -2.11. The van der Waals surface area contributed by atoms with E-state index >= 15 is 0 Å². The molecular weight excluding hydrogens is 296 g/mol. The molecule has 0 saturated heterocycles. The van der Waals surface area contributed by atoms with Crippen LogP contribution in [0.2, 0.25) is 0 Å². The second-order valence-corrected chi connectivity index (χ2v) is 8.62. The molecule has 126 valence electrons. The minimum absolute atomic E-state index is 0.0462. The van der Waals surface area contributed by atoms with Crippen LogP contribution >= 0.6 is 0 Å². The third-order valence-electron chi connectivity index (χ3n) is 4.16. The molecule has 1 aromatic rings. The highest BCUT2D eigenvalue weighted by molar-refractivity contribution is 7.85. The van der Waals surface area contributed by atoms with E-state index in [2.05, 4.69) is 27.7 Å². The molecular formula is C18H30O3S. The summed E-state index contributed by atoms with van der Waals surface area (Å²) in [5.74, 6) is 2.02. The number of hydrogen-bond acceptors (Lipinski definition) is 2. The van der Waals surface area contributed by atoms with Gasteiger partial charge in [-0.3, -0.25) is 4.55 Å². The minimum Gasteiger partial charge on any atom is -0.282 e. The molecule has 0 aliphatic heterocycles. The lowest BCUT2D eigenvalue weighted by atomic mass is 9.84. The summed E-state index contributed by atoms with van der Waals surface area (Å²) in [5.41, 5.74) is 0.716. The average Bonchev–Trinajstić information content (AvgIpc) is 2.36. The van der Waals surface area contributed by atoms with E-state index in [9.17, 15) is 13.0 Å². The van der Waals surface area contributed by atoms with Crippen LogP contribution in [0.15, 0.2) is 29.2 Å². The molecule has 0 bridgehead atoms. The van der Waals surface area contributed by atoms with Crippen molar-refractivity contribution >= 4 is 10.1 Å². The predicted octanol–water partition coefficient (Wildman–Crippen LogP) is 5.14. The third kappa shape index (κ3) is 6.09. The smallest absolute Gasteiger partial charge is 0.282 e. The summed E-state index contributed by atoms with van der Waals surface area (Å²) in [5, 5.41) is 0. The van der Waals surface area contributed by atoms with Gasteiger partial charge in [0, 0.05) is 0 Å². The van der Waals surface area contributed by atoms with Crippen LogP contribution in [0, 0.1) is 17.8 Å². The maximum absolute atomic E-state index is 11.5. The van der Waals surface area contributed by atoms with Crippen molar-refractivity contribution in [3.63, 3.8) is 0 Å². The van der Waals surface area contributed by atoms with Crippen LogP contribution in [0.1, 0.15) is 65.4 Å². The van der Waals surface area contributed by atoms with Gasteiger partial charge in [0.25, 0.3) is 10.1 Å². The molecule has 0 saturated carbocycles. The fraction of sp³-hybridized carbons (Fsp3) is 0.667. The Kier molecular flexibility index (Phi) is 7.07. The lowest BCUT2D eigenvalue weighted by Gasteiger charge is -2.23. The number of hydrogen-bond donors (Lipinski definition) is 1. The van der Waals surface area contributed by atoms with Crippen molar-refractivity contribution in [2.45, 2.75) is 64.7 Å². The zero-order valence-electron chi connectivity index (χ0n) is 14.4. The van der Waals surface area contributed by atoms with Crippen LogP contribution in [-0.4, -0.2) is 13.0 Å². The molecule has 22 heavy (non-hydrogen) atoms. The molecule has 0 radical (unpaired) electrons. The molecule has 0 amide bonds. The fourth-order valence-corrected chi connectivity index (χ4v) is 4.35. The van der Waals surface area contributed by atoms with E-state index in [0.29, 0.717) is 23.3 Å². The van der Waals surface area contributed by atoms with Crippen LogP contribution in [0.5, 0.6) is 0 Å². The van der Waals surface area contributed by atoms with Gasteiger partial charge in [-0.2, -0.15) is 8.42 Å². The molecule has 0 aromatic heterocycles. The van der Waals surface area contributed by atoms with Crippen LogP contribution in [-0.2, 0) is 10.1 Å². The first-order valence-corrected chi connectivity index (χ1v) is 9.61. The molecule has 3 unspecified atom stereocenters. The summed E-state index contributed by atoms with van der Waals surface area (Å²) in [6.07, 6.45) is 3.30. The maximum Gasteiger partial charge on any atom is 0.294 e. The topological polar surface area (TPSA) is 54.4 Å². The Balaban J connectivity index is 2.75. The van der Waals surface area contributed by atoms with Crippen LogP contribution < -0.4 is 0 Å². The Morgan fingerprint density at radius 3 is 2.00 bits per heavy atom. The summed E-state index contributed by atoms with van der Waals surface area (Å²) in [7, 11) is -4.15. The van der Waals surface area contributed by atoms with Crippen LogP contribution in [0.4, 0.5) is 0 Å². The van der Waals surface area contributed by atoms with Gasteiger partial charge in [-0.05, 0) is 54.6 Å². The van der Waals surface area contributed by atoms with E-state index in [1.165, 1.54) is 12.5 Å². The summed E-state index contributed by atoms with van der Waals surface area (Å²) < 4.78 is 32.4. The molecule has 0 aliphatic carbocycles. The predicted molar refractivity (Wildman–Crippen MR) is 91.7 cm³/mol. The van der Waals surface area contributed by atoms with Gasteiger partial charge in [-0.25, -0.2) is 0 Å². The Bertz CT molecular complexity index is 563. The van der Waals surface area contributed by atoms with E-state index in [1.54, 1.807) is 12.1 Å². The van der Waals surface area contributed by atoms with Crippen LogP contribution in [0.25, 0.3) is 0 Å². The van der Waals surface area contributed by atoms with Crippen LogP contribution in [0.3, 0.4) is 0 Å². The van der Waals surface area contributed by atoms with Gasteiger partial charge >= 0.3 is 0 Å². The quantitative estimate of drug-likeness (QED) is 0.673. The zero-order valence-corrected chi connectivity index (χ0v) is 15.2. The van der Waals surface area contributed by atoms with Gasteiger partial charge in [0.15, 0.2) is 0 Å². The van der Waals surface area contributed by atoms with Gasteiger partial charge in [-0.1, -0.05) is 52.8 Å². The van der Waals surface area contributed by atoms with Gasteiger partial charge in [0.2, 0.25) is 0 Å². The third-order valence-corrected chi connectivity index (χ3v) is 5.09. The SMILES string of the molecule is CC(C)CC(C)CC(C)CC(C)c1ccccc1S(=O)(=O)O. The Labute approximate surface area is 135 Å². The highest BCUT2D eigenvalue weighted by atomic mass is 32.2. The molecule has 1 aromatic carbocycles. The second kappa shape index (κ2) is 8.11. The van der Waals surface area contributed by atoms with Gasteiger partial charge in [-0.15, -0.1) is 0 Å². The molecule has 1 N–H and O–H groups in total. The Morgan fingerprint density at radius 1 is 0.909 bits per heavy atom. The maximum atomic E-state index is 11.5. The average molecular weight is 327 g/mol. The van der Waals surface area contributed by atoms with Crippen molar-refractivity contribution in [3.05, 3.63) is 29.8 Å². The van der Waals surface area contributed by atoms with E-state index in [0.717, 1.165) is 12.8 Å². The van der Waals surface area contributed by atoms with Gasteiger partial charge < -0.3 is 0 Å². The summed E-state index contributed by atoms with van der Waals surface area (Å²) in [6.45, 7) is 11.0. The monoisotopic (exact) mass is 326 g/mol. The van der Waals surface area contributed by atoms with E-state index < -0.39 is 10.1 Å². The first kappa shape index (κ1) is 19.2. The molecule has 0 spiro atoms. The van der Waals surface area contributed by atoms with Crippen molar-refractivity contribution < 1.29 is 13.0 Å². The molecule has 0 fully saturated rings. The van der Waals surface area contributed by atoms with E-state index in [1.807, 2.05) is 13.0 Å². The van der Waals surface area contributed by atoms with E-state index in [4.69, 9.17) is 0 Å². The summed E-state index contributed by atoms with van der Waals surface area (Å²) in [4.78, 5) is 0.0462. The van der Waals surface area contributed by atoms with E-state index in [-0.39, 0.29) is 10.8 Å². The minimum atomic E-state index is -4.15. The fourth-order valence-electron chi connectivity index (χ4n) is 3.54. The van der Waals surface area contributed by atoms with Crippen molar-refractivity contribution in [1.82, 2.24) is 0 Å². The number of benzene rings is 1. The molecule has 0 aliphatic rings. The first-order chi connectivity index (χ1) is 10.1. The highest BCUT2D eigenvalue weighted by Gasteiger charge is 2.21. The normalized spacial score (nSPS) is 16.5. The zero-order chi connectivity index (χ0) is 16.9. The lowest BCUT2D eigenvalue weighted by molar-refractivity contribution is 0.332.